The summed E-state index contributed by atoms with van der Waals surface area (Å²) in [6.07, 6.45) is -6.50. The van der Waals surface area contributed by atoms with Gasteiger partial charge in [0.25, 0.3) is 0 Å². The van der Waals surface area contributed by atoms with Gasteiger partial charge in [-0.25, -0.2) is 4.79 Å². The van der Waals surface area contributed by atoms with Crippen molar-refractivity contribution >= 4 is 5.97 Å². The Labute approximate surface area is 103 Å². The molecule has 0 heterocycles. The van der Waals surface area contributed by atoms with Crippen LogP contribution < -0.4 is 0 Å². The van der Waals surface area contributed by atoms with Gasteiger partial charge >= 0.3 is 12.1 Å². The van der Waals surface area contributed by atoms with Gasteiger partial charge < -0.3 is 14.6 Å². The third-order valence-corrected chi connectivity index (χ3v) is 2.52. The highest BCUT2D eigenvalue weighted by atomic mass is 19.4. The minimum Gasteiger partial charge on any atom is -0.458 e. The zero-order valence-corrected chi connectivity index (χ0v) is 10.5. The van der Waals surface area contributed by atoms with E-state index in [-0.39, 0.29) is 0 Å². The third kappa shape index (κ3) is 3.84. The van der Waals surface area contributed by atoms with E-state index in [4.69, 9.17) is 14.6 Å². The fourth-order valence-corrected chi connectivity index (χ4v) is 1.60. The molecule has 1 N–H and O–H groups in total. The molecule has 106 valence electrons. The maximum absolute atomic E-state index is 12.3. The first-order valence-electron chi connectivity index (χ1n) is 5.55. The average molecular weight is 270 g/mol. The van der Waals surface area contributed by atoms with Crippen molar-refractivity contribution in [2.24, 2.45) is 0 Å². The summed E-state index contributed by atoms with van der Waals surface area (Å²) >= 11 is 0. The van der Waals surface area contributed by atoms with Gasteiger partial charge in [0.2, 0.25) is 0 Å². The van der Waals surface area contributed by atoms with Crippen molar-refractivity contribution in [3.63, 3.8) is 0 Å². The Hall–Kier alpha value is -0.820. The molecule has 0 bridgehead atoms. The van der Waals surface area contributed by atoms with Crippen LogP contribution in [0.4, 0.5) is 13.2 Å². The molecule has 1 aliphatic rings. The quantitative estimate of drug-likeness (QED) is 0.794. The van der Waals surface area contributed by atoms with Crippen molar-refractivity contribution < 1.29 is 32.5 Å². The lowest BCUT2D eigenvalue weighted by molar-refractivity contribution is -0.310. The van der Waals surface area contributed by atoms with Crippen molar-refractivity contribution in [3.05, 3.63) is 0 Å². The van der Waals surface area contributed by atoms with Crippen LogP contribution in [-0.2, 0) is 14.3 Å². The van der Waals surface area contributed by atoms with Gasteiger partial charge in [0.05, 0.1) is 6.10 Å². The SMILES string of the molecule is CC(C)(C)OC(=O)COC1CC(O)(C(F)(F)F)C1. The van der Waals surface area contributed by atoms with Crippen molar-refractivity contribution in [1.29, 1.82) is 0 Å². The van der Waals surface area contributed by atoms with Crippen LogP contribution in [-0.4, -0.2) is 41.2 Å². The van der Waals surface area contributed by atoms with Gasteiger partial charge in [-0.3, -0.25) is 0 Å². The predicted molar refractivity (Wildman–Crippen MR) is 55.8 cm³/mol. The molecule has 0 aromatic rings. The summed E-state index contributed by atoms with van der Waals surface area (Å²) in [5.41, 5.74) is -3.33. The lowest BCUT2D eigenvalue weighted by Crippen LogP contribution is -2.58. The predicted octanol–water partition coefficient (Wildman–Crippen LogP) is 1.80. The summed E-state index contributed by atoms with van der Waals surface area (Å²) in [4.78, 5) is 11.2. The van der Waals surface area contributed by atoms with Crippen LogP contribution in [0.3, 0.4) is 0 Å². The van der Waals surface area contributed by atoms with Gasteiger partial charge in [0, 0.05) is 12.8 Å². The number of rotatable bonds is 3. The number of esters is 1. The summed E-state index contributed by atoms with van der Waals surface area (Å²) in [5.74, 6) is -0.634. The van der Waals surface area contributed by atoms with Gasteiger partial charge in [0.15, 0.2) is 5.60 Å². The third-order valence-electron chi connectivity index (χ3n) is 2.52. The Balaban J connectivity index is 2.27. The van der Waals surface area contributed by atoms with Crippen LogP contribution in [0.2, 0.25) is 0 Å². The molecule has 0 radical (unpaired) electrons. The lowest BCUT2D eigenvalue weighted by atomic mass is 9.77. The van der Waals surface area contributed by atoms with E-state index in [1.165, 1.54) is 0 Å². The summed E-state index contributed by atoms with van der Waals surface area (Å²) in [6, 6.07) is 0. The molecule has 4 nitrogen and oxygen atoms in total. The molecule has 18 heavy (non-hydrogen) atoms. The molecule has 0 saturated heterocycles. The van der Waals surface area contributed by atoms with Gasteiger partial charge in [-0.15, -0.1) is 0 Å². The van der Waals surface area contributed by atoms with E-state index in [1.807, 2.05) is 0 Å². The molecule has 0 atom stereocenters. The number of carbonyl (C=O) groups excluding carboxylic acids is 1. The van der Waals surface area contributed by atoms with Crippen LogP contribution in [0, 0.1) is 0 Å². The first kappa shape index (κ1) is 15.2. The molecule has 1 rings (SSSR count). The van der Waals surface area contributed by atoms with Crippen molar-refractivity contribution in [2.75, 3.05) is 6.61 Å². The van der Waals surface area contributed by atoms with Crippen LogP contribution in [0.1, 0.15) is 33.6 Å². The minimum atomic E-state index is -4.65. The normalized spacial score (nSPS) is 28.7. The molecule has 0 spiro atoms. The molecular weight excluding hydrogens is 253 g/mol. The first-order chi connectivity index (χ1) is 7.93. The number of halogens is 3. The number of carbonyl (C=O) groups is 1. The van der Waals surface area contributed by atoms with E-state index >= 15 is 0 Å². The fraction of sp³-hybridized carbons (Fsp3) is 0.909. The minimum absolute atomic E-state index is 0.407. The standard InChI is InChI=1S/C11H17F3O4/c1-9(2,3)18-8(15)6-17-7-4-10(16,5-7)11(12,13)14/h7,16H,4-6H2,1-3H3. The number of aliphatic hydroxyl groups is 1. The molecule has 7 heteroatoms. The summed E-state index contributed by atoms with van der Waals surface area (Å²) in [6.45, 7) is 4.62. The van der Waals surface area contributed by atoms with Crippen molar-refractivity contribution in [1.82, 2.24) is 0 Å². The second-order valence-corrected chi connectivity index (χ2v) is 5.46. The topological polar surface area (TPSA) is 55.8 Å². The van der Waals surface area contributed by atoms with Crippen LogP contribution in [0.15, 0.2) is 0 Å². The summed E-state index contributed by atoms with van der Waals surface area (Å²) in [5, 5.41) is 9.15. The largest absolute Gasteiger partial charge is 0.458 e. The highest BCUT2D eigenvalue weighted by molar-refractivity contribution is 5.71. The Kier molecular flexibility index (Phi) is 3.97. The maximum Gasteiger partial charge on any atom is 0.417 e. The van der Waals surface area contributed by atoms with E-state index in [0.717, 1.165) is 0 Å². The Bertz CT molecular complexity index is 313. The maximum atomic E-state index is 12.3. The van der Waals surface area contributed by atoms with Crippen LogP contribution in [0.5, 0.6) is 0 Å². The van der Waals surface area contributed by atoms with E-state index in [1.54, 1.807) is 20.8 Å². The van der Waals surface area contributed by atoms with Gasteiger partial charge in [-0.1, -0.05) is 0 Å². The van der Waals surface area contributed by atoms with Crippen LogP contribution >= 0.6 is 0 Å². The van der Waals surface area contributed by atoms with E-state index in [2.05, 4.69) is 0 Å². The summed E-state index contributed by atoms with van der Waals surface area (Å²) < 4.78 is 46.7. The molecule has 1 saturated carbocycles. The molecule has 0 amide bonds. The number of hydrogen-bond acceptors (Lipinski definition) is 4. The van der Waals surface area contributed by atoms with Gasteiger partial charge in [-0.2, -0.15) is 13.2 Å². The fourth-order valence-electron chi connectivity index (χ4n) is 1.60. The van der Waals surface area contributed by atoms with Crippen molar-refractivity contribution in [2.45, 2.75) is 57.1 Å². The molecule has 0 aromatic heterocycles. The first-order valence-corrected chi connectivity index (χ1v) is 5.55. The second-order valence-electron chi connectivity index (χ2n) is 5.46. The zero-order chi connectivity index (χ0) is 14.2. The number of hydrogen-bond donors (Lipinski definition) is 1. The Morgan fingerprint density at radius 3 is 2.22 bits per heavy atom. The molecule has 1 aliphatic carbocycles. The molecule has 1 fully saturated rings. The monoisotopic (exact) mass is 270 g/mol. The van der Waals surface area contributed by atoms with Crippen molar-refractivity contribution in [3.8, 4) is 0 Å². The number of ether oxygens (including phenoxy) is 2. The number of alkyl halides is 3. The smallest absolute Gasteiger partial charge is 0.417 e. The van der Waals surface area contributed by atoms with Crippen LogP contribution in [0.25, 0.3) is 0 Å². The zero-order valence-electron chi connectivity index (χ0n) is 10.5. The Morgan fingerprint density at radius 1 is 1.33 bits per heavy atom. The Morgan fingerprint density at radius 2 is 1.83 bits per heavy atom. The second kappa shape index (κ2) is 4.70. The molecular formula is C11H17F3O4. The van der Waals surface area contributed by atoms with E-state index in [0.29, 0.717) is 0 Å². The van der Waals surface area contributed by atoms with E-state index < -0.39 is 48.9 Å². The highest BCUT2D eigenvalue weighted by Crippen LogP contribution is 2.46. The van der Waals surface area contributed by atoms with E-state index in [9.17, 15) is 18.0 Å². The van der Waals surface area contributed by atoms with Gasteiger partial charge in [0.1, 0.15) is 12.2 Å². The molecule has 0 aliphatic heterocycles. The average Bonchev–Trinajstić information content (AvgIpc) is 2.05. The lowest BCUT2D eigenvalue weighted by Gasteiger charge is -2.43. The summed E-state index contributed by atoms with van der Waals surface area (Å²) in [7, 11) is 0. The van der Waals surface area contributed by atoms with Gasteiger partial charge in [-0.05, 0) is 20.8 Å². The molecule has 0 unspecified atom stereocenters. The molecule has 0 aromatic carbocycles. The highest BCUT2D eigenvalue weighted by Gasteiger charge is 2.61.